The number of hydrogen-bond donors (Lipinski definition) is 0. The Hall–Kier alpha value is -2.60. The molecule has 0 saturated heterocycles. The average Bonchev–Trinajstić information content (AvgIpc) is 2.99. The van der Waals surface area contributed by atoms with E-state index in [2.05, 4.69) is 35.9 Å². The van der Waals surface area contributed by atoms with Gasteiger partial charge in [0.1, 0.15) is 11.5 Å². The van der Waals surface area contributed by atoms with Gasteiger partial charge in [0.2, 0.25) is 0 Å². The minimum Gasteiger partial charge on any atom is -0.328 e. The lowest BCUT2D eigenvalue weighted by molar-refractivity contribution is 0.0726. The van der Waals surface area contributed by atoms with Crippen LogP contribution >= 0.6 is 11.3 Å². The SMILES string of the molecule is Cc1nc(C(=O)N2Cc3ccccc3-c3nc(C(C)C)ncc3C2)cs1. The van der Waals surface area contributed by atoms with Crippen molar-refractivity contribution in [3.63, 3.8) is 0 Å². The average molecular weight is 364 g/mol. The number of nitrogens with zero attached hydrogens (tertiary/aromatic N) is 4. The maximum Gasteiger partial charge on any atom is 0.273 e. The summed E-state index contributed by atoms with van der Waals surface area (Å²) >= 11 is 1.50. The number of carbonyl (C=O) groups is 1. The highest BCUT2D eigenvalue weighted by Gasteiger charge is 2.26. The van der Waals surface area contributed by atoms with Gasteiger partial charge < -0.3 is 4.90 Å². The van der Waals surface area contributed by atoms with Crippen molar-refractivity contribution >= 4 is 17.2 Å². The van der Waals surface area contributed by atoms with Gasteiger partial charge in [-0.2, -0.15) is 0 Å². The number of benzene rings is 1. The van der Waals surface area contributed by atoms with Crippen molar-refractivity contribution in [1.82, 2.24) is 19.9 Å². The van der Waals surface area contributed by atoms with Crippen LogP contribution in [-0.4, -0.2) is 25.8 Å². The lowest BCUT2D eigenvalue weighted by atomic mass is 10.0. The van der Waals surface area contributed by atoms with Gasteiger partial charge in [0, 0.05) is 35.2 Å². The zero-order valence-electron chi connectivity index (χ0n) is 15.1. The van der Waals surface area contributed by atoms with Gasteiger partial charge in [-0.25, -0.2) is 15.0 Å². The molecule has 1 aromatic carbocycles. The van der Waals surface area contributed by atoms with Crippen LogP contribution in [0.1, 0.15) is 52.2 Å². The van der Waals surface area contributed by atoms with E-state index in [9.17, 15) is 4.79 Å². The summed E-state index contributed by atoms with van der Waals surface area (Å²) < 4.78 is 0. The highest BCUT2D eigenvalue weighted by molar-refractivity contribution is 7.09. The van der Waals surface area contributed by atoms with Crippen molar-refractivity contribution in [2.24, 2.45) is 0 Å². The largest absolute Gasteiger partial charge is 0.328 e. The molecule has 0 spiro atoms. The Labute approximate surface area is 156 Å². The molecular formula is C20H20N4OS. The number of aromatic nitrogens is 3. The van der Waals surface area contributed by atoms with Gasteiger partial charge in [-0.15, -0.1) is 11.3 Å². The predicted molar refractivity (Wildman–Crippen MR) is 102 cm³/mol. The van der Waals surface area contributed by atoms with E-state index >= 15 is 0 Å². The summed E-state index contributed by atoms with van der Waals surface area (Å²) in [7, 11) is 0. The minimum absolute atomic E-state index is 0.0510. The van der Waals surface area contributed by atoms with Gasteiger partial charge >= 0.3 is 0 Å². The van der Waals surface area contributed by atoms with Gasteiger partial charge in [0.05, 0.1) is 17.2 Å². The standard InChI is InChI=1S/C20H20N4OS/c1-12(2)19-21-8-15-10-24(20(25)17-11-26-13(3)22-17)9-14-6-4-5-7-16(14)18(15)23-19/h4-8,11-12H,9-10H2,1-3H3. The molecule has 26 heavy (non-hydrogen) atoms. The number of carbonyl (C=O) groups excluding carboxylic acids is 1. The minimum atomic E-state index is -0.0510. The van der Waals surface area contributed by atoms with Crippen LogP contribution in [0, 0.1) is 6.92 Å². The van der Waals surface area contributed by atoms with Crippen LogP contribution in [0.4, 0.5) is 0 Å². The molecule has 3 aromatic rings. The second-order valence-electron chi connectivity index (χ2n) is 6.83. The molecule has 0 radical (unpaired) electrons. The van der Waals surface area contributed by atoms with E-state index in [1.807, 2.05) is 35.5 Å². The van der Waals surface area contributed by atoms with E-state index in [0.29, 0.717) is 18.8 Å². The molecule has 0 saturated carbocycles. The topological polar surface area (TPSA) is 59.0 Å². The molecule has 3 heterocycles. The van der Waals surface area contributed by atoms with E-state index in [0.717, 1.165) is 33.2 Å². The van der Waals surface area contributed by atoms with Crippen LogP contribution in [0.15, 0.2) is 35.8 Å². The first-order valence-electron chi connectivity index (χ1n) is 8.68. The molecule has 0 atom stereocenters. The Kier molecular flexibility index (Phi) is 4.28. The summed E-state index contributed by atoms with van der Waals surface area (Å²) in [4.78, 5) is 28.5. The van der Waals surface area contributed by atoms with Crippen molar-refractivity contribution in [1.29, 1.82) is 0 Å². The Morgan fingerprint density at radius 3 is 2.65 bits per heavy atom. The first kappa shape index (κ1) is 16.8. The monoisotopic (exact) mass is 364 g/mol. The number of aryl methyl sites for hydroxylation is 1. The third-order valence-electron chi connectivity index (χ3n) is 4.52. The fourth-order valence-electron chi connectivity index (χ4n) is 3.17. The zero-order chi connectivity index (χ0) is 18.3. The second kappa shape index (κ2) is 6.61. The third-order valence-corrected chi connectivity index (χ3v) is 5.29. The summed E-state index contributed by atoms with van der Waals surface area (Å²) in [6.07, 6.45) is 1.87. The van der Waals surface area contributed by atoms with E-state index in [1.165, 1.54) is 11.3 Å². The molecule has 132 valence electrons. The molecular weight excluding hydrogens is 344 g/mol. The number of rotatable bonds is 2. The molecule has 0 N–H and O–H groups in total. The Balaban J connectivity index is 1.80. The van der Waals surface area contributed by atoms with Gasteiger partial charge in [0.15, 0.2) is 0 Å². The molecule has 2 aromatic heterocycles. The summed E-state index contributed by atoms with van der Waals surface area (Å²) in [5.74, 6) is 1.03. The maximum absolute atomic E-state index is 13.0. The lowest BCUT2D eigenvalue weighted by Gasteiger charge is -2.20. The van der Waals surface area contributed by atoms with Gasteiger partial charge in [0.25, 0.3) is 5.91 Å². The second-order valence-corrected chi connectivity index (χ2v) is 7.89. The number of amides is 1. The van der Waals surface area contributed by atoms with E-state index in [-0.39, 0.29) is 11.8 Å². The van der Waals surface area contributed by atoms with Crippen molar-refractivity contribution in [3.05, 3.63) is 63.5 Å². The Morgan fingerprint density at radius 2 is 1.92 bits per heavy atom. The van der Waals surface area contributed by atoms with Crippen LogP contribution in [0.25, 0.3) is 11.3 Å². The molecule has 0 bridgehead atoms. The highest BCUT2D eigenvalue weighted by Crippen LogP contribution is 2.32. The molecule has 1 aliphatic heterocycles. The summed E-state index contributed by atoms with van der Waals surface area (Å²) in [6, 6.07) is 8.16. The van der Waals surface area contributed by atoms with Crippen molar-refractivity contribution in [2.75, 3.05) is 0 Å². The number of hydrogen-bond acceptors (Lipinski definition) is 5. The van der Waals surface area contributed by atoms with Gasteiger partial charge in [-0.1, -0.05) is 38.1 Å². The van der Waals surface area contributed by atoms with Crippen molar-refractivity contribution < 1.29 is 4.79 Å². The van der Waals surface area contributed by atoms with Gasteiger partial charge in [-0.05, 0) is 12.5 Å². The van der Waals surface area contributed by atoms with Crippen LogP contribution < -0.4 is 0 Å². The molecule has 1 aliphatic rings. The fourth-order valence-corrected chi connectivity index (χ4v) is 3.76. The van der Waals surface area contributed by atoms with Crippen molar-refractivity contribution in [2.45, 2.75) is 39.8 Å². The molecule has 1 amide bonds. The molecule has 4 rings (SSSR count). The number of thiazole rings is 1. The highest BCUT2D eigenvalue weighted by atomic mass is 32.1. The molecule has 0 unspecified atom stereocenters. The number of fused-ring (bicyclic) bond motifs is 3. The van der Waals surface area contributed by atoms with E-state index < -0.39 is 0 Å². The lowest BCUT2D eigenvalue weighted by Crippen LogP contribution is -2.29. The molecule has 0 fully saturated rings. The van der Waals surface area contributed by atoms with Crippen molar-refractivity contribution in [3.8, 4) is 11.3 Å². The summed E-state index contributed by atoms with van der Waals surface area (Å²) in [5, 5.41) is 2.72. The molecule has 0 aliphatic carbocycles. The Morgan fingerprint density at radius 1 is 1.15 bits per heavy atom. The van der Waals surface area contributed by atoms with Crippen LogP contribution in [-0.2, 0) is 13.1 Å². The normalized spacial score (nSPS) is 13.3. The van der Waals surface area contributed by atoms with E-state index in [4.69, 9.17) is 4.98 Å². The third kappa shape index (κ3) is 3.01. The molecule has 5 nitrogen and oxygen atoms in total. The first-order chi connectivity index (χ1) is 12.5. The van der Waals surface area contributed by atoms with Gasteiger partial charge in [-0.3, -0.25) is 4.79 Å². The molecule has 6 heteroatoms. The Bertz CT molecular complexity index is 979. The van der Waals surface area contributed by atoms with Crippen LogP contribution in [0.3, 0.4) is 0 Å². The first-order valence-corrected chi connectivity index (χ1v) is 9.56. The summed E-state index contributed by atoms with van der Waals surface area (Å²) in [6.45, 7) is 7.11. The summed E-state index contributed by atoms with van der Waals surface area (Å²) in [5.41, 5.74) is 4.59. The zero-order valence-corrected chi connectivity index (χ0v) is 15.9. The quantitative estimate of drug-likeness (QED) is 0.684. The predicted octanol–water partition coefficient (Wildman–Crippen LogP) is 4.19. The van der Waals surface area contributed by atoms with E-state index in [1.54, 1.807) is 0 Å². The van der Waals surface area contributed by atoms with Crippen LogP contribution in [0.2, 0.25) is 0 Å². The van der Waals surface area contributed by atoms with Crippen LogP contribution in [0.5, 0.6) is 0 Å². The fraction of sp³-hybridized carbons (Fsp3) is 0.300. The maximum atomic E-state index is 13.0. The smallest absolute Gasteiger partial charge is 0.273 e.